The number of rotatable bonds is 15. The fraction of sp³-hybridized carbons (Fsp3) is 1.00. The zero-order valence-electron chi connectivity index (χ0n) is 15.7. The summed E-state index contributed by atoms with van der Waals surface area (Å²) < 4.78 is 15.9. The number of hydrogen-bond donors (Lipinski definition) is 1. The quantitative estimate of drug-likeness (QED) is 0.293. The molecule has 3 nitrogen and oxygen atoms in total. The first-order valence-corrected chi connectivity index (χ1v) is 17.0. The zero-order valence-corrected chi connectivity index (χ0v) is 18.6. The molecule has 0 aromatic rings. The molecule has 0 saturated carbocycles. The van der Waals surface area contributed by atoms with Gasteiger partial charge in [-0.2, -0.15) is 0 Å². The average Bonchev–Trinajstić information content (AvgIpc) is 2.51. The van der Waals surface area contributed by atoms with Crippen LogP contribution < -0.4 is 0 Å². The first kappa shape index (κ1) is 22.7. The van der Waals surface area contributed by atoms with Crippen LogP contribution in [0, 0.1) is 0 Å². The summed E-state index contributed by atoms with van der Waals surface area (Å²) in [5, 5.41) is 9.97. The van der Waals surface area contributed by atoms with Crippen LogP contribution in [0.5, 0.6) is 0 Å². The summed E-state index contributed by atoms with van der Waals surface area (Å²) in [6.45, 7) is 9.14. The molecule has 4 heteroatoms. The predicted molar refractivity (Wildman–Crippen MR) is 97.9 cm³/mol. The molecule has 2 atom stereocenters. The Morgan fingerprint density at radius 3 is 1.68 bits per heavy atom. The number of ether oxygens (including phenoxy) is 2. The van der Waals surface area contributed by atoms with Crippen molar-refractivity contribution in [1.82, 2.24) is 0 Å². The topological polar surface area (TPSA) is 38.7 Å². The maximum atomic E-state index is 9.97. The molecule has 0 unspecified atom stereocenters. The van der Waals surface area contributed by atoms with Crippen LogP contribution in [0.3, 0.4) is 0 Å². The van der Waals surface area contributed by atoms with E-state index in [1.54, 1.807) is 7.11 Å². The Kier molecular flexibility index (Phi) is 14.5. The van der Waals surface area contributed by atoms with Gasteiger partial charge in [-0.05, 0) is 0 Å². The fourth-order valence-electron chi connectivity index (χ4n) is 3.40. The predicted octanol–water partition coefficient (Wildman–Crippen LogP) is 5.13. The van der Waals surface area contributed by atoms with E-state index in [-0.39, 0.29) is 6.10 Å². The van der Waals surface area contributed by atoms with Gasteiger partial charge >= 0.3 is 143 Å². The van der Waals surface area contributed by atoms with Crippen LogP contribution in [0.15, 0.2) is 0 Å². The van der Waals surface area contributed by atoms with E-state index in [0.29, 0.717) is 10.9 Å². The Bertz CT molecular complexity index is 225. The van der Waals surface area contributed by atoms with Crippen molar-refractivity contribution in [3.05, 3.63) is 0 Å². The Morgan fingerprint density at radius 1 is 0.909 bits per heavy atom. The number of unbranched alkanes of at least 4 members (excludes halogenated alkanes) is 3. The van der Waals surface area contributed by atoms with Crippen LogP contribution in [-0.2, 0) is 9.47 Å². The molecule has 0 aliphatic carbocycles. The monoisotopic (exact) mass is 424 g/mol. The van der Waals surface area contributed by atoms with Gasteiger partial charge in [-0.25, -0.2) is 0 Å². The number of aliphatic hydroxyl groups is 1. The summed E-state index contributed by atoms with van der Waals surface area (Å²) in [7, 11) is 1.70. The van der Waals surface area contributed by atoms with Gasteiger partial charge in [0.2, 0.25) is 0 Å². The van der Waals surface area contributed by atoms with Crippen molar-refractivity contribution >= 4 is 18.4 Å². The van der Waals surface area contributed by atoms with Crippen LogP contribution >= 0.6 is 0 Å². The maximum absolute atomic E-state index is 9.97. The second-order valence-corrected chi connectivity index (χ2v) is 20.7. The van der Waals surface area contributed by atoms with E-state index in [2.05, 4.69) is 20.8 Å². The van der Waals surface area contributed by atoms with Gasteiger partial charge in [0.05, 0.1) is 0 Å². The Labute approximate surface area is 143 Å². The Hall–Kier alpha value is 0.679. The number of hydrogen-bond acceptors (Lipinski definition) is 3. The molecule has 1 N–H and O–H groups in total. The summed E-state index contributed by atoms with van der Waals surface area (Å²) in [5.74, 6) is 0. The van der Waals surface area contributed by atoms with E-state index < -0.39 is 18.4 Å². The van der Waals surface area contributed by atoms with Crippen molar-refractivity contribution in [1.29, 1.82) is 0 Å². The van der Waals surface area contributed by atoms with E-state index in [0.717, 1.165) is 6.42 Å². The van der Waals surface area contributed by atoms with Gasteiger partial charge in [-0.3, -0.25) is 0 Å². The van der Waals surface area contributed by atoms with Crippen LogP contribution in [0.2, 0.25) is 13.3 Å². The van der Waals surface area contributed by atoms with Gasteiger partial charge in [0, 0.05) is 0 Å². The standard InChI is InChI=1S/C6H13O3.3C4H9.Sn/c1-6(7)3-4-9-5-8-2;3*1-3-4-2;/h4,6-7H,3,5H2,1-2H3;3*1,3-4H2,2H3;/t6-;;;;/m1..../s1. The average molecular weight is 423 g/mol. The fourth-order valence-corrected chi connectivity index (χ4v) is 21.0. The third-order valence-corrected chi connectivity index (χ3v) is 21.3. The summed E-state index contributed by atoms with van der Waals surface area (Å²) >= 11 is -2.44. The van der Waals surface area contributed by atoms with Gasteiger partial charge in [0.25, 0.3) is 0 Å². The molecule has 0 heterocycles. The molecule has 0 radical (unpaired) electrons. The first-order valence-electron chi connectivity index (χ1n) is 9.34. The second kappa shape index (κ2) is 14.1. The molecule has 0 aromatic carbocycles. The van der Waals surface area contributed by atoms with Crippen molar-refractivity contribution in [3.8, 4) is 0 Å². The molecule has 0 fully saturated rings. The van der Waals surface area contributed by atoms with Crippen molar-refractivity contribution in [3.63, 3.8) is 0 Å². The van der Waals surface area contributed by atoms with Crippen LogP contribution in [0.1, 0.15) is 72.6 Å². The summed E-state index contributed by atoms with van der Waals surface area (Å²) in [4.78, 5) is 0. The second-order valence-electron chi connectivity index (χ2n) is 6.82. The van der Waals surface area contributed by atoms with Crippen LogP contribution in [-0.4, -0.2) is 47.6 Å². The van der Waals surface area contributed by atoms with E-state index >= 15 is 0 Å². The van der Waals surface area contributed by atoms with Gasteiger partial charge in [0.15, 0.2) is 0 Å². The Morgan fingerprint density at radius 2 is 1.36 bits per heavy atom. The third-order valence-electron chi connectivity index (χ3n) is 4.71. The summed E-state index contributed by atoms with van der Waals surface area (Å²) in [5.41, 5.74) is 0. The van der Waals surface area contributed by atoms with Gasteiger partial charge in [-0.15, -0.1) is 0 Å². The summed E-state index contributed by atoms with van der Waals surface area (Å²) in [6.07, 6.45) is 8.31. The van der Waals surface area contributed by atoms with Gasteiger partial charge in [0.1, 0.15) is 0 Å². The minimum atomic E-state index is -2.44. The van der Waals surface area contributed by atoms with E-state index in [4.69, 9.17) is 9.47 Å². The van der Waals surface area contributed by atoms with Crippen molar-refractivity contribution in [2.75, 3.05) is 13.9 Å². The molecule has 0 rings (SSSR count). The summed E-state index contributed by atoms with van der Waals surface area (Å²) in [6, 6.07) is 0. The molecule has 0 aliphatic rings. The SMILES string of the molecule is CCC[CH2][Sn]([CH2]CCC)([CH2]CCC)[C@H](C[C@@H](C)O)OCOC. The molecule has 0 spiro atoms. The number of aliphatic hydroxyl groups excluding tert-OH is 1. The molecule has 22 heavy (non-hydrogen) atoms. The van der Waals surface area contributed by atoms with Gasteiger partial charge in [-0.1, -0.05) is 0 Å². The van der Waals surface area contributed by atoms with E-state index in [1.165, 1.54) is 51.8 Å². The normalized spacial score (nSPS) is 15.0. The van der Waals surface area contributed by atoms with Crippen LogP contribution in [0.25, 0.3) is 0 Å². The molecular formula is C18H40O3Sn. The zero-order chi connectivity index (χ0) is 16.8. The molecule has 0 aliphatic heterocycles. The minimum absolute atomic E-state index is 0.275. The van der Waals surface area contributed by atoms with Crippen LogP contribution in [0.4, 0.5) is 0 Å². The van der Waals surface area contributed by atoms with E-state index in [1.807, 2.05) is 6.92 Å². The van der Waals surface area contributed by atoms with Gasteiger partial charge < -0.3 is 0 Å². The molecule has 134 valence electrons. The number of methoxy groups -OCH3 is 1. The van der Waals surface area contributed by atoms with Crippen molar-refractivity contribution < 1.29 is 14.6 Å². The molecule has 0 aromatic heterocycles. The first-order chi connectivity index (χ1) is 10.6. The van der Waals surface area contributed by atoms with Crippen molar-refractivity contribution in [2.45, 2.75) is 96.2 Å². The molecule has 0 bridgehead atoms. The molecule has 0 saturated heterocycles. The molecule has 0 amide bonds. The third kappa shape index (κ3) is 9.09. The van der Waals surface area contributed by atoms with E-state index in [9.17, 15) is 5.11 Å². The molecular weight excluding hydrogens is 383 g/mol. The Balaban J connectivity index is 5.23. The van der Waals surface area contributed by atoms with Crippen molar-refractivity contribution in [2.24, 2.45) is 0 Å².